The molecule has 0 aliphatic rings. The Morgan fingerprint density at radius 1 is 0.818 bits per heavy atom. The Labute approximate surface area is 269 Å². The Hall–Kier alpha value is -3.85. The number of nitrogens with one attached hydrogen (secondary N) is 1. The molecule has 0 saturated carbocycles. The van der Waals surface area contributed by atoms with E-state index in [-0.39, 0.29) is 45.5 Å². The number of aryl methyl sites for hydroxylation is 1. The molecule has 0 unspecified atom stereocenters. The highest BCUT2D eigenvalue weighted by Crippen LogP contribution is 2.33. The van der Waals surface area contributed by atoms with Gasteiger partial charge in [-0.3, -0.25) is 13.9 Å². The first-order valence-corrected chi connectivity index (χ1v) is 16.4. The first kappa shape index (κ1) is 33.1. The third-order valence-electron chi connectivity index (χ3n) is 6.96. The van der Waals surface area contributed by atoms with Gasteiger partial charge in [0, 0.05) is 24.0 Å². The third kappa shape index (κ3) is 8.40. The zero-order valence-electron chi connectivity index (χ0n) is 24.8. The summed E-state index contributed by atoms with van der Waals surface area (Å²) < 4.78 is 29.2. The van der Waals surface area contributed by atoms with E-state index in [9.17, 15) is 18.0 Å². The second-order valence-corrected chi connectivity index (χ2v) is 13.5. The van der Waals surface area contributed by atoms with Crippen LogP contribution in [-0.2, 0) is 32.6 Å². The van der Waals surface area contributed by atoms with Crippen LogP contribution in [0, 0.1) is 6.92 Å². The number of benzene rings is 4. The monoisotopic (exact) mass is 651 g/mol. The van der Waals surface area contributed by atoms with Crippen molar-refractivity contribution in [2.45, 2.75) is 50.7 Å². The Morgan fingerprint density at radius 2 is 1.41 bits per heavy atom. The Kier molecular flexibility index (Phi) is 11.1. The summed E-state index contributed by atoms with van der Waals surface area (Å²) in [5.41, 5.74) is 2.56. The van der Waals surface area contributed by atoms with E-state index in [2.05, 4.69) is 5.32 Å². The molecule has 0 fully saturated rings. The van der Waals surface area contributed by atoms with E-state index in [0.717, 1.165) is 21.0 Å². The van der Waals surface area contributed by atoms with Gasteiger partial charge >= 0.3 is 0 Å². The largest absolute Gasteiger partial charge is 0.352 e. The van der Waals surface area contributed by atoms with Crippen LogP contribution in [0.15, 0.2) is 108 Å². The van der Waals surface area contributed by atoms with Gasteiger partial charge in [-0.15, -0.1) is 0 Å². The number of hydrogen-bond acceptors (Lipinski definition) is 4. The topological polar surface area (TPSA) is 86.8 Å². The van der Waals surface area contributed by atoms with Crippen molar-refractivity contribution in [3.63, 3.8) is 0 Å². The van der Waals surface area contributed by atoms with E-state index >= 15 is 0 Å². The second-order valence-electron chi connectivity index (χ2n) is 10.8. The van der Waals surface area contributed by atoms with Gasteiger partial charge in [0.1, 0.15) is 12.6 Å². The summed E-state index contributed by atoms with van der Waals surface area (Å²) in [7, 11) is -4.29. The average molecular weight is 653 g/mol. The molecule has 0 aliphatic heterocycles. The van der Waals surface area contributed by atoms with Crippen molar-refractivity contribution in [2.75, 3.05) is 10.8 Å². The van der Waals surface area contributed by atoms with Crippen LogP contribution in [0.1, 0.15) is 30.5 Å². The summed E-state index contributed by atoms with van der Waals surface area (Å²) in [6.07, 6.45) is 0.223. The van der Waals surface area contributed by atoms with Crippen LogP contribution in [-0.4, -0.2) is 43.8 Å². The number of amides is 2. The van der Waals surface area contributed by atoms with Crippen LogP contribution >= 0.6 is 23.2 Å². The first-order valence-electron chi connectivity index (χ1n) is 14.2. The zero-order valence-corrected chi connectivity index (χ0v) is 27.1. The molecule has 0 bridgehead atoms. The van der Waals surface area contributed by atoms with Crippen LogP contribution in [0.5, 0.6) is 0 Å². The Morgan fingerprint density at radius 3 is 2.00 bits per heavy atom. The molecule has 2 amide bonds. The average Bonchev–Trinajstić information content (AvgIpc) is 2.99. The highest BCUT2D eigenvalue weighted by molar-refractivity contribution is 7.92. The van der Waals surface area contributed by atoms with Gasteiger partial charge in [-0.2, -0.15) is 0 Å². The lowest BCUT2D eigenvalue weighted by molar-refractivity contribution is -0.140. The molecular weight excluding hydrogens is 617 g/mol. The van der Waals surface area contributed by atoms with Gasteiger partial charge in [0.15, 0.2) is 0 Å². The van der Waals surface area contributed by atoms with Crippen LogP contribution < -0.4 is 9.62 Å². The number of sulfonamides is 1. The number of carbonyl (C=O) groups is 2. The molecule has 0 aliphatic carbocycles. The molecule has 4 rings (SSSR count). The maximum Gasteiger partial charge on any atom is 0.264 e. The predicted molar refractivity (Wildman–Crippen MR) is 176 cm³/mol. The zero-order chi connectivity index (χ0) is 31.9. The van der Waals surface area contributed by atoms with Gasteiger partial charge < -0.3 is 10.2 Å². The van der Waals surface area contributed by atoms with Crippen LogP contribution in [0.25, 0.3) is 0 Å². The van der Waals surface area contributed by atoms with Gasteiger partial charge in [0.05, 0.1) is 15.6 Å². The summed E-state index contributed by atoms with van der Waals surface area (Å²) in [6, 6.07) is 28.3. The van der Waals surface area contributed by atoms with Crippen molar-refractivity contribution in [2.24, 2.45) is 0 Å². The molecule has 4 aromatic rings. The Bertz CT molecular complexity index is 1680. The molecule has 7 nitrogen and oxygen atoms in total. The molecule has 230 valence electrons. The molecule has 4 aromatic carbocycles. The summed E-state index contributed by atoms with van der Waals surface area (Å²) >= 11 is 12.8. The van der Waals surface area contributed by atoms with E-state index in [4.69, 9.17) is 23.2 Å². The van der Waals surface area contributed by atoms with Crippen molar-refractivity contribution < 1.29 is 18.0 Å². The minimum atomic E-state index is -4.29. The van der Waals surface area contributed by atoms with Crippen LogP contribution in [0.2, 0.25) is 10.0 Å². The van der Waals surface area contributed by atoms with Gasteiger partial charge in [-0.1, -0.05) is 102 Å². The number of carbonyl (C=O) groups excluding carboxylic acids is 2. The Balaban J connectivity index is 1.82. The van der Waals surface area contributed by atoms with E-state index in [1.54, 1.807) is 18.2 Å². The fraction of sp³-hybridized carbons (Fsp3) is 0.235. The molecule has 0 aromatic heterocycles. The highest BCUT2D eigenvalue weighted by atomic mass is 35.5. The maximum atomic E-state index is 14.4. The fourth-order valence-electron chi connectivity index (χ4n) is 4.74. The summed E-state index contributed by atoms with van der Waals surface area (Å²) in [5, 5.41) is 3.30. The van der Waals surface area contributed by atoms with Crippen molar-refractivity contribution >= 4 is 50.7 Å². The fourth-order valence-corrected chi connectivity index (χ4v) is 6.60. The van der Waals surface area contributed by atoms with Gasteiger partial charge in [-0.05, 0) is 62.2 Å². The molecule has 0 spiro atoms. The summed E-state index contributed by atoms with van der Waals surface area (Å²) in [4.78, 5) is 29.6. The lowest BCUT2D eigenvalue weighted by atomic mass is 10.0. The lowest BCUT2D eigenvalue weighted by Crippen LogP contribution is -2.54. The standard InChI is InChI=1S/C34H35Cl2N3O4S/c1-24(2)37-34(41)32(20-26-10-6-4-7-11-26)38(22-27-12-8-5-9-13-27)33(40)23-39(31-21-28(35)16-19-30(31)36)44(42,43)29-17-14-25(3)15-18-29/h4-19,21,24,32H,20,22-23H2,1-3H3,(H,37,41)/t32-/m1/s1. The van der Waals surface area contributed by atoms with Crippen molar-refractivity contribution in [3.05, 3.63) is 130 Å². The number of halogens is 2. The maximum absolute atomic E-state index is 14.4. The number of anilines is 1. The normalized spacial score (nSPS) is 12.0. The number of nitrogens with zero attached hydrogens (tertiary/aromatic N) is 2. The molecule has 0 saturated heterocycles. The molecular formula is C34H35Cl2N3O4S. The number of hydrogen-bond donors (Lipinski definition) is 1. The lowest BCUT2D eigenvalue weighted by Gasteiger charge is -2.34. The van der Waals surface area contributed by atoms with Gasteiger partial charge in [0.2, 0.25) is 11.8 Å². The quantitative estimate of drug-likeness (QED) is 0.186. The van der Waals surface area contributed by atoms with E-state index in [1.165, 1.54) is 29.2 Å². The van der Waals surface area contributed by atoms with Crippen molar-refractivity contribution in [3.8, 4) is 0 Å². The third-order valence-corrected chi connectivity index (χ3v) is 9.29. The van der Waals surface area contributed by atoms with E-state index < -0.39 is 28.5 Å². The minimum absolute atomic E-state index is 0.0139. The van der Waals surface area contributed by atoms with Crippen molar-refractivity contribution in [1.29, 1.82) is 0 Å². The summed E-state index contributed by atoms with van der Waals surface area (Å²) in [5.74, 6) is -0.928. The SMILES string of the molecule is Cc1ccc(S(=O)(=O)N(CC(=O)N(Cc2ccccc2)[C@H](Cc2ccccc2)C(=O)NC(C)C)c2cc(Cl)ccc2Cl)cc1. The second kappa shape index (κ2) is 14.8. The van der Waals surface area contributed by atoms with Crippen molar-refractivity contribution in [1.82, 2.24) is 10.2 Å². The molecule has 1 N–H and O–H groups in total. The van der Waals surface area contributed by atoms with Gasteiger partial charge in [0.25, 0.3) is 10.0 Å². The van der Waals surface area contributed by atoms with E-state index in [0.29, 0.717) is 0 Å². The molecule has 44 heavy (non-hydrogen) atoms. The molecule has 10 heteroatoms. The highest BCUT2D eigenvalue weighted by Gasteiger charge is 2.35. The van der Waals surface area contributed by atoms with Crippen LogP contribution in [0.3, 0.4) is 0 Å². The molecule has 0 heterocycles. The van der Waals surface area contributed by atoms with Gasteiger partial charge in [-0.25, -0.2) is 8.42 Å². The first-order chi connectivity index (χ1) is 21.0. The summed E-state index contributed by atoms with van der Waals surface area (Å²) in [6.45, 7) is 4.99. The van der Waals surface area contributed by atoms with E-state index in [1.807, 2.05) is 81.4 Å². The molecule has 0 radical (unpaired) electrons. The minimum Gasteiger partial charge on any atom is -0.352 e. The molecule has 1 atom stereocenters. The van der Waals surface area contributed by atoms with Crippen LogP contribution in [0.4, 0.5) is 5.69 Å². The number of rotatable bonds is 12. The smallest absolute Gasteiger partial charge is 0.264 e. The predicted octanol–water partition coefficient (Wildman–Crippen LogP) is 6.66.